The number of carbonyl (C=O) groups is 1. The van der Waals surface area contributed by atoms with Gasteiger partial charge in [-0.25, -0.2) is 0 Å². The molecule has 1 aromatic carbocycles. The molecule has 1 rings (SSSR count). The Morgan fingerprint density at radius 1 is 1.37 bits per heavy atom. The maximum Gasteiger partial charge on any atom is 0.150 e. The second-order valence-electron chi connectivity index (χ2n) is 4.56. The maximum absolute atomic E-state index is 10.9. The van der Waals surface area contributed by atoms with Gasteiger partial charge in [-0.1, -0.05) is 6.92 Å². The van der Waals surface area contributed by atoms with Gasteiger partial charge in [0.2, 0.25) is 0 Å². The molecule has 4 nitrogen and oxygen atoms in total. The van der Waals surface area contributed by atoms with Gasteiger partial charge < -0.3 is 9.47 Å². The highest BCUT2D eigenvalue weighted by Crippen LogP contribution is 2.22. The lowest BCUT2D eigenvalue weighted by Gasteiger charge is -2.28. The smallest absolute Gasteiger partial charge is 0.150 e. The number of aldehydes is 1. The van der Waals surface area contributed by atoms with Crippen LogP contribution in [0.2, 0.25) is 0 Å². The van der Waals surface area contributed by atoms with Crippen molar-refractivity contribution in [1.29, 1.82) is 0 Å². The van der Waals surface area contributed by atoms with E-state index in [2.05, 4.69) is 18.7 Å². The summed E-state index contributed by atoms with van der Waals surface area (Å²) in [6.45, 7) is 6.58. The molecule has 0 amide bonds. The molecule has 4 heteroatoms. The van der Waals surface area contributed by atoms with Crippen LogP contribution in [0.1, 0.15) is 29.8 Å². The minimum absolute atomic E-state index is 0.319. The Hall–Kier alpha value is -1.39. The van der Waals surface area contributed by atoms with Gasteiger partial charge in [-0.05, 0) is 31.7 Å². The van der Waals surface area contributed by atoms with Gasteiger partial charge in [-0.2, -0.15) is 0 Å². The molecule has 0 spiro atoms. The van der Waals surface area contributed by atoms with Crippen LogP contribution in [0, 0.1) is 0 Å². The molecule has 0 aromatic heterocycles. The van der Waals surface area contributed by atoms with Crippen molar-refractivity contribution < 1.29 is 14.3 Å². The molecule has 0 aliphatic rings. The van der Waals surface area contributed by atoms with Crippen molar-refractivity contribution in [3.8, 4) is 5.75 Å². The first-order valence-electron chi connectivity index (χ1n) is 6.51. The highest BCUT2D eigenvalue weighted by atomic mass is 16.5. The number of hydrogen-bond donors (Lipinski definition) is 0. The number of rotatable bonds is 8. The van der Waals surface area contributed by atoms with Crippen molar-refractivity contribution in [2.45, 2.75) is 26.4 Å². The lowest BCUT2D eigenvalue weighted by Crippen LogP contribution is -2.35. The van der Waals surface area contributed by atoms with Crippen molar-refractivity contribution in [2.24, 2.45) is 0 Å². The van der Waals surface area contributed by atoms with Gasteiger partial charge in [0.25, 0.3) is 0 Å². The highest BCUT2D eigenvalue weighted by Gasteiger charge is 2.15. The number of hydrogen-bond acceptors (Lipinski definition) is 4. The maximum atomic E-state index is 10.9. The van der Waals surface area contributed by atoms with Crippen molar-refractivity contribution in [2.75, 3.05) is 27.4 Å². The summed E-state index contributed by atoms with van der Waals surface area (Å²) in [6, 6.07) is 5.81. The summed E-state index contributed by atoms with van der Waals surface area (Å²) in [5.41, 5.74) is 1.70. The number of ether oxygens (including phenoxy) is 2. The topological polar surface area (TPSA) is 38.8 Å². The van der Waals surface area contributed by atoms with Gasteiger partial charge in [0.1, 0.15) is 12.0 Å². The zero-order chi connectivity index (χ0) is 14.3. The van der Waals surface area contributed by atoms with E-state index in [-0.39, 0.29) is 0 Å². The van der Waals surface area contributed by atoms with E-state index in [1.807, 2.05) is 12.1 Å². The Morgan fingerprint density at radius 3 is 2.63 bits per heavy atom. The molecule has 0 bridgehead atoms. The Bertz CT molecular complexity index is 406. The van der Waals surface area contributed by atoms with Crippen LogP contribution in [0.25, 0.3) is 0 Å². The number of carbonyl (C=O) groups excluding carboxylic acids is 1. The number of benzene rings is 1. The zero-order valence-corrected chi connectivity index (χ0v) is 12.2. The van der Waals surface area contributed by atoms with Gasteiger partial charge in [0, 0.05) is 30.8 Å². The molecule has 0 heterocycles. The Labute approximate surface area is 115 Å². The third kappa shape index (κ3) is 4.33. The van der Waals surface area contributed by atoms with Crippen LogP contribution < -0.4 is 4.74 Å². The standard InChI is InChI=1S/C15H23NO3/c1-5-16(12(2)11-18-3)9-14-8-13(10-17)6-7-15(14)19-4/h6-8,10,12H,5,9,11H2,1-4H3. The Morgan fingerprint density at radius 2 is 2.11 bits per heavy atom. The van der Waals surface area contributed by atoms with Crippen LogP contribution in [-0.2, 0) is 11.3 Å². The number of nitrogens with zero attached hydrogens (tertiary/aromatic N) is 1. The molecular weight excluding hydrogens is 242 g/mol. The monoisotopic (exact) mass is 265 g/mol. The van der Waals surface area contributed by atoms with E-state index < -0.39 is 0 Å². The molecule has 1 unspecified atom stereocenters. The Balaban J connectivity index is 2.91. The summed E-state index contributed by atoms with van der Waals surface area (Å²) in [5.74, 6) is 0.814. The van der Waals surface area contributed by atoms with E-state index in [0.29, 0.717) is 18.2 Å². The minimum Gasteiger partial charge on any atom is -0.496 e. The molecular formula is C15H23NO3. The summed E-state index contributed by atoms with van der Waals surface area (Å²) in [6.07, 6.45) is 0.859. The molecule has 0 saturated carbocycles. The van der Waals surface area contributed by atoms with E-state index in [0.717, 1.165) is 30.7 Å². The van der Waals surface area contributed by atoms with Crippen molar-refractivity contribution in [3.05, 3.63) is 29.3 Å². The van der Waals surface area contributed by atoms with Crippen LogP contribution >= 0.6 is 0 Å². The Kier molecular flexibility index (Phi) is 6.53. The SMILES string of the molecule is CCN(Cc1cc(C=O)ccc1OC)C(C)COC. The van der Waals surface area contributed by atoms with Gasteiger partial charge >= 0.3 is 0 Å². The van der Waals surface area contributed by atoms with E-state index in [1.54, 1.807) is 20.3 Å². The molecule has 0 radical (unpaired) electrons. The second kappa shape index (κ2) is 7.92. The summed E-state index contributed by atoms with van der Waals surface area (Å²) in [5, 5.41) is 0. The molecule has 0 aliphatic carbocycles. The quantitative estimate of drug-likeness (QED) is 0.676. The third-order valence-electron chi connectivity index (χ3n) is 3.25. The lowest BCUT2D eigenvalue weighted by atomic mass is 10.1. The second-order valence-corrected chi connectivity index (χ2v) is 4.56. The predicted octanol–water partition coefficient (Wildman–Crippen LogP) is 2.36. The van der Waals surface area contributed by atoms with Crippen molar-refractivity contribution >= 4 is 6.29 Å². The predicted molar refractivity (Wildman–Crippen MR) is 75.8 cm³/mol. The average Bonchev–Trinajstić information content (AvgIpc) is 2.44. The molecule has 0 aliphatic heterocycles. The van der Waals surface area contributed by atoms with E-state index in [4.69, 9.17) is 9.47 Å². The molecule has 106 valence electrons. The van der Waals surface area contributed by atoms with Crippen LogP contribution in [0.5, 0.6) is 5.75 Å². The van der Waals surface area contributed by atoms with Gasteiger partial charge in [0.05, 0.1) is 13.7 Å². The van der Waals surface area contributed by atoms with Crippen LogP contribution in [0.15, 0.2) is 18.2 Å². The fourth-order valence-electron chi connectivity index (χ4n) is 2.14. The van der Waals surface area contributed by atoms with Crippen LogP contribution in [0.3, 0.4) is 0 Å². The van der Waals surface area contributed by atoms with E-state index in [9.17, 15) is 4.79 Å². The number of methoxy groups -OCH3 is 2. The molecule has 0 N–H and O–H groups in total. The minimum atomic E-state index is 0.319. The summed E-state index contributed by atoms with van der Waals surface area (Å²) >= 11 is 0. The molecule has 1 atom stereocenters. The largest absolute Gasteiger partial charge is 0.496 e. The first-order valence-corrected chi connectivity index (χ1v) is 6.51. The summed E-state index contributed by atoms with van der Waals surface area (Å²) in [7, 11) is 3.35. The fourth-order valence-corrected chi connectivity index (χ4v) is 2.14. The summed E-state index contributed by atoms with van der Waals surface area (Å²) in [4.78, 5) is 13.2. The molecule has 0 saturated heterocycles. The normalized spacial score (nSPS) is 12.5. The average molecular weight is 265 g/mol. The fraction of sp³-hybridized carbons (Fsp3) is 0.533. The van der Waals surface area contributed by atoms with E-state index in [1.165, 1.54) is 0 Å². The van der Waals surface area contributed by atoms with Crippen LogP contribution in [0.4, 0.5) is 0 Å². The molecule has 0 fully saturated rings. The summed E-state index contributed by atoms with van der Waals surface area (Å²) < 4.78 is 10.6. The molecule has 1 aromatic rings. The van der Waals surface area contributed by atoms with Gasteiger partial charge in [-0.3, -0.25) is 9.69 Å². The zero-order valence-electron chi connectivity index (χ0n) is 12.2. The van der Waals surface area contributed by atoms with Crippen LogP contribution in [-0.4, -0.2) is 44.6 Å². The lowest BCUT2D eigenvalue weighted by molar-refractivity contribution is 0.0976. The molecule has 19 heavy (non-hydrogen) atoms. The first-order chi connectivity index (χ1) is 9.15. The number of likely N-dealkylation sites (N-methyl/N-ethyl adjacent to an activating group) is 1. The third-order valence-corrected chi connectivity index (χ3v) is 3.25. The highest BCUT2D eigenvalue weighted by molar-refractivity contribution is 5.75. The van der Waals surface area contributed by atoms with Crippen molar-refractivity contribution in [3.63, 3.8) is 0 Å². The first kappa shape index (κ1) is 15.7. The van der Waals surface area contributed by atoms with E-state index >= 15 is 0 Å². The van der Waals surface area contributed by atoms with Gasteiger partial charge in [0.15, 0.2) is 0 Å². The van der Waals surface area contributed by atoms with Crippen molar-refractivity contribution in [1.82, 2.24) is 4.90 Å². The van der Waals surface area contributed by atoms with Gasteiger partial charge in [-0.15, -0.1) is 0 Å².